The lowest BCUT2D eigenvalue weighted by Crippen LogP contribution is -2.15. The Morgan fingerprint density at radius 1 is 1.21 bits per heavy atom. The van der Waals surface area contributed by atoms with Gasteiger partial charge in [0.1, 0.15) is 0 Å². The van der Waals surface area contributed by atoms with E-state index in [1.165, 1.54) is 28.1 Å². The average molecular weight is 253 g/mol. The fraction of sp³-hybridized carbons (Fsp3) is 0.333. The first-order valence-corrected chi connectivity index (χ1v) is 6.91. The van der Waals surface area contributed by atoms with E-state index in [9.17, 15) is 0 Å². The number of aryl methyl sites for hydroxylation is 1. The molecule has 0 spiro atoms. The summed E-state index contributed by atoms with van der Waals surface area (Å²) in [6.07, 6.45) is 2.03. The molecule has 0 saturated heterocycles. The van der Waals surface area contributed by atoms with Crippen LogP contribution >= 0.6 is 0 Å². The number of hydrogen-bond donors (Lipinski definition) is 0. The SMILES string of the molecule is C=C(C)C1=C(C)N(Cc2ccc(CC)cc2)C(=C)C1. The largest absolute Gasteiger partial charge is 0.344 e. The van der Waals surface area contributed by atoms with Crippen molar-refractivity contribution in [3.05, 3.63) is 71.1 Å². The molecule has 0 aliphatic carbocycles. The molecule has 0 bridgehead atoms. The van der Waals surface area contributed by atoms with Crippen molar-refractivity contribution in [1.29, 1.82) is 0 Å². The normalized spacial score (nSPS) is 15.3. The number of hydrogen-bond acceptors (Lipinski definition) is 1. The summed E-state index contributed by atoms with van der Waals surface area (Å²) >= 11 is 0. The van der Waals surface area contributed by atoms with E-state index in [1.807, 2.05) is 0 Å². The van der Waals surface area contributed by atoms with Gasteiger partial charge in [-0.2, -0.15) is 0 Å². The van der Waals surface area contributed by atoms with Gasteiger partial charge < -0.3 is 4.90 Å². The highest BCUT2D eigenvalue weighted by molar-refractivity contribution is 5.41. The van der Waals surface area contributed by atoms with E-state index in [-0.39, 0.29) is 0 Å². The lowest BCUT2D eigenvalue weighted by Gasteiger charge is -2.22. The summed E-state index contributed by atoms with van der Waals surface area (Å²) in [4.78, 5) is 2.31. The predicted molar refractivity (Wildman–Crippen MR) is 82.6 cm³/mol. The van der Waals surface area contributed by atoms with Gasteiger partial charge in [-0.15, -0.1) is 0 Å². The van der Waals surface area contributed by atoms with E-state index in [2.05, 4.69) is 63.1 Å². The van der Waals surface area contributed by atoms with Gasteiger partial charge in [-0.05, 0) is 37.0 Å². The Labute approximate surface area is 116 Å². The molecule has 0 atom stereocenters. The summed E-state index contributed by atoms with van der Waals surface area (Å²) in [5, 5.41) is 0. The minimum Gasteiger partial charge on any atom is -0.344 e. The van der Waals surface area contributed by atoms with Gasteiger partial charge in [0.2, 0.25) is 0 Å². The van der Waals surface area contributed by atoms with Crippen LogP contribution in [-0.4, -0.2) is 4.90 Å². The van der Waals surface area contributed by atoms with Gasteiger partial charge >= 0.3 is 0 Å². The van der Waals surface area contributed by atoms with Gasteiger partial charge in [0.05, 0.1) is 0 Å². The number of allylic oxidation sites excluding steroid dienone is 3. The van der Waals surface area contributed by atoms with Crippen LogP contribution < -0.4 is 0 Å². The molecule has 0 fully saturated rings. The van der Waals surface area contributed by atoms with Crippen LogP contribution in [0.1, 0.15) is 38.3 Å². The molecule has 2 rings (SSSR count). The Morgan fingerprint density at radius 3 is 2.26 bits per heavy atom. The Hall–Kier alpha value is -1.76. The second kappa shape index (κ2) is 5.48. The average Bonchev–Trinajstić information content (AvgIpc) is 2.68. The second-order valence-corrected chi connectivity index (χ2v) is 5.34. The summed E-state index contributed by atoms with van der Waals surface area (Å²) in [6, 6.07) is 8.87. The second-order valence-electron chi connectivity index (χ2n) is 5.34. The van der Waals surface area contributed by atoms with Gasteiger partial charge in [-0.1, -0.05) is 49.9 Å². The third-order valence-electron chi connectivity index (χ3n) is 3.89. The summed E-state index contributed by atoms with van der Waals surface area (Å²) in [6.45, 7) is 15.6. The van der Waals surface area contributed by atoms with Crippen LogP contribution in [-0.2, 0) is 13.0 Å². The van der Waals surface area contributed by atoms with Gasteiger partial charge in [-0.25, -0.2) is 0 Å². The maximum atomic E-state index is 4.19. The van der Waals surface area contributed by atoms with Crippen molar-refractivity contribution < 1.29 is 0 Å². The molecule has 0 radical (unpaired) electrons. The number of rotatable bonds is 4. The maximum Gasteiger partial charge on any atom is 0.0475 e. The first-order valence-electron chi connectivity index (χ1n) is 6.91. The van der Waals surface area contributed by atoms with Crippen molar-refractivity contribution >= 4 is 0 Å². The zero-order valence-corrected chi connectivity index (χ0v) is 12.3. The highest BCUT2D eigenvalue weighted by Crippen LogP contribution is 2.35. The minimum atomic E-state index is 0.908. The van der Waals surface area contributed by atoms with Crippen LogP contribution in [0.15, 0.2) is 60.0 Å². The molecule has 0 unspecified atom stereocenters. The van der Waals surface area contributed by atoms with E-state index >= 15 is 0 Å². The fourth-order valence-electron chi connectivity index (χ4n) is 2.58. The van der Waals surface area contributed by atoms with E-state index < -0.39 is 0 Å². The molecule has 0 N–H and O–H groups in total. The quantitative estimate of drug-likeness (QED) is 0.743. The van der Waals surface area contributed by atoms with E-state index in [0.717, 1.165) is 25.0 Å². The molecule has 1 nitrogen and oxygen atoms in total. The Kier molecular flexibility index (Phi) is 3.94. The summed E-state index contributed by atoms with van der Waals surface area (Å²) in [5.41, 5.74) is 7.70. The monoisotopic (exact) mass is 253 g/mol. The van der Waals surface area contributed by atoms with Gasteiger partial charge in [-0.3, -0.25) is 0 Å². The predicted octanol–water partition coefficient (Wildman–Crippen LogP) is 4.82. The summed E-state index contributed by atoms with van der Waals surface area (Å²) in [5.74, 6) is 0. The zero-order chi connectivity index (χ0) is 14.0. The molecular weight excluding hydrogens is 230 g/mol. The Morgan fingerprint density at radius 2 is 1.79 bits per heavy atom. The Balaban J connectivity index is 2.18. The molecule has 0 amide bonds. The lowest BCUT2D eigenvalue weighted by atomic mass is 10.1. The summed E-state index contributed by atoms with van der Waals surface area (Å²) in [7, 11) is 0. The topological polar surface area (TPSA) is 3.24 Å². The van der Waals surface area contributed by atoms with Crippen molar-refractivity contribution in [2.24, 2.45) is 0 Å². The van der Waals surface area contributed by atoms with Gasteiger partial charge in [0, 0.05) is 24.4 Å². The van der Waals surface area contributed by atoms with E-state index in [0.29, 0.717) is 0 Å². The maximum absolute atomic E-state index is 4.19. The van der Waals surface area contributed by atoms with Gasteiger partial charge in [0.15, 0.2) is 0 Å². The van der Waals surface area contributed by atoms with Gasteiger partial charge in [0.25, 0.3) is 0 Å². The smallest absolute Gasteiger partial charge is 0.0475 e. The molecule has 1 heterocycles. The van der Waals surface area contributed by atoms with E-state index in [1.54, 1.807) is 0 Å². The van der Waals surface area contributed by atoms with Crippen LogP contribution in [0.3, 0.4) is 0 Å². The van der Waals surface area contributed by atoms with Crippen LogP contribution in [0, 0.1) is 0 Å². The van der Waals surface area contributed by atoms with Crippen molar-refractivity contribution in [3.63, 3.8) is 0 Å². The van der Waals surface area contributed by atoms with Crippen molar-refractivity contribution in [2.75, 3.05) is 0 Å². The molecule has 100 valence electrons. The number of nitrogens with zero attached hydrogens (tertiary/aromatic N) is 1. The standard InChI is InChI=1S/C18H23N/c1-6-16-7-9-17(10-8-16)12-19-14(4)11-18(13(2)3)15(19)5/h7-10H,2,4,6,11-12H2,1,3,5H3. The van der Waals surface area contributed by atoms with Crippen LogP contribution in [0.4, 0.5) is 0 Å². The van der Waals surface area contributed by atoms with E-state index in [4.69, 9.17) is 0 Å². The minimum absolute atomic E-state index is 0.908. The van der Waals surface area contributed by atoms with Crippen LogP contribution in [0.2, 0.25) is 0 Å². The lowest BCUT2D eigenvalue weighted by molar-refractivity contribution is 0.438. The Bertz CT molecular complexity index is 531. The number of benzene rings is 1. The van der Waals surface area contributed by atoms with Crippen molar-refractivity contribution in [3.8, 4) is 0 Å². The molecule has 1 aliphatic rings. The van der Waals surface area contributed by atoms with Crippen LogP contribution in [0.5, 0.6) is 0 Å². The molecule has 0 aromatic heterocycles. The molecule has 19 heavy (non-hydrogen) atoms. The molecule has 0 saturated carbocycles. The van der Waals surface area contributed by atoms with Crippen molar-refractivity contribution in [2.45, 2.75) is 40.2 Å². The highest BCUT2D eigenvalue weighted by Gasteiger charge is 2.22. The molecule has 1 aromatic carbocycles. The molecule has 1 heteroatoms. The van der Waals surface area contributed by atoms with Crippen LogP contribution in [0.25, 0.3) is 0 Å². The first kappa shape index (κ1) is 13.7. The third-order valence-corrected chi connectivity index (χ3v) is 3.89. The van der Waals surface area contributed by atoms with Crippen molar-refractivity contribution in [1.82, 2.24) is 4.90 Å². The zero-order valence-electron chi connectivity index (χ0n) is 12.3. The molecule has 1 aromatic rings. The fourth-order valence-corrected chi connectivity index (χ4v) is 2.58. The first-order chi connectivity index (χ1) is 9.02. The third kappa shape index (κ3) is 2.81. The molecule has 1 aliphatic heterocycles. The highest BCUT2D eigenvalue weighted by atomic mass is 15.2. The molecular formula is C18H23N. The summed E-state index contributed by atoms with van der Waals surface area (Å²) < 4.78 is 0.